The molecule has 14 aromatic carbocycles. The summed E-state index contributed by atoms with van der Waals surface area (Å²) in [6.07, 6.45) is 0. The van der Waals surface area contributed by atoms with E-state index in [-0.39, 0.29) is 0 Å². The Bertz CT molecular complexity index is 6400. The fraction of sp³-hybridized carbons (Fsp3) is 0. The Kier molecular flexibility index (Phi) is 14.2. The van der Waals surface area contributed by atoms with E-state index in [9.17, 15) is 0 Å². The zero-order valence-electron chi connectivity index (χ0n) is 54.0. The molecule has 20 rings (SSSR count). The second kappa shape index (κ2) is 24.5. The Balaban J connectivity index is 0.000000139. The van der Waals surface area contributed by atoms with Gasteiger partial charge in [0.25, 0.3) is 0 Å². The van der Waals surface area contributed by atoms with Crippen LogP contribution in [0.1, 0.15) is 0 Å². The van der Waals surface area contributed by atoms with Gasteiger partial charge in [-0.05, 0) is 113 Å². The van der Waals surface area contributed by atoms with E-state index in [2.05, 4.69) is 293 Å². The van der Waals surface area contributed by atoms with E-state index in [1.165, 1.54) is 80.5 Å². The minimum absolute atomic E-state index is 0.590. The van der Waals surface area contributed by atoms with Gasteiger partial charge in [0.1, 0.15) is 0 Å². The van der Waals surface area contributed by atoms with Gasteiger partial charge < -0.3 is 9.13 Å². The molecule has 0 atom stereocenters. The first-order chi connectivity index (χ1) is 49.6. The molecule has 0 saturated carbocycles. The van der Waals surface area contributed by atoms with Crippen LogP contribution >= 0.6 is 11.3 Å². The monoisotopic (exact) mass is 1290 g/mol. The molecule has 0 aliphatic carbocycles. The van der Waals surface area contributed by atoms with Gasteiger partial charge in [-0.2, -0.15) is 9.97 Å². The van der Waals surface area contributed by atoms with Crippen LogP contribution in [0.15, 0.2) is 352 Å². The number of hydrogen-bond acceptors (Lipinski definition) is 6. The van der Waals surface area contributed by atoms with Crippen LogP contribution in [0.25, 0.3) is 182 Å². The van der Waals surface area contributed by atoms with E-state index in [0.717, 1.165) is 77.9 Å². The number of hydrogen-bond donors (Lipinski definition) is 0. The van der Waals surface area contributed by atoms with E-state index in [4.69, 9.17) is 24.9 Å². The Hall–Kier alpha value is -13.2. The molecule has 0 N–H and O–H groups in total. The third kappa shape index (κ3) is 10.2. The number of aromatic nitrogens is 8. The average molecular weight is 1300 g/mol. The van der Waals surface area contributed by atoms with Gasteiger partial charge in [-0.1, -0.05) is 261 Å². The molecule has 0 unspecified atom stereocenters. The zero-order valence-corrected chi connectivity index (χ0v) is 54.8. The number of rotatable bonds is 10. The highest BCUT2D eigenvalue weighted by molar-refractivity contribution is 7.26. The van der Waals surface area contributed by atoms with Crippen LogP contribution in [0.2, 0.25) is 0 Å². The first kappa shape index (κ1) is 58.2. The molecule has 0 aliphatic rings. The molecule has 0 fully saturated rings. The van der Waals surface area contributed by atoms with Crippen LogP contribution in [0.5, 0.6) is 0 Å². The Morgan fingerprint density at radius 3 is 1.14 bits per heavy atom. The maximum atomic E-state index is 5.11. The first-order valence-electron chi connectivity index (χ1n) is 33.6. The molecular weight excluding hydrogens is 1240 g/mol. The highest BCUT2D eigenvalue weighted by atomic mass is 32.1. The molecular formula is C91H58N8S. The van der Waals surface area contributed by atoms with Gasteiger partial charge in [0.15, 0.2) is 17.5 Å². The summed E-state index contributed by atoms with van der Waals surface area (Å²) in [7, 11) is 0. The van der Waals surface area contributed by atoms with E-state index in [1.54, 1.807) is 0 Å². The summed E-state index contributed by atoms with van der Waals surface area (Å²) in [5, 5.41) is 9.86. The largest absolute Gasteiger partial charge is 0.309 e. The quantitative estimate of drug-likeness (QED) is 0.136. The first-order valence-corrected chi connectivity index (χ1v) is 34.4. The van der Waals surface area contributed by atoms with Gasteiger partial charge in [-0.3, -0.25) is 4.57 Å². The number of benzene rings is 14. The lowest BCUT2D eigenvalue weighted by atomic mass is 10.0. The molecule has 9 heteroatoms. The van der Waals surface area contributed by atoms with Crippen molar-refractivity contribution in [1.29, 1.82) is 0 Å². The molecule has 0 amide bonds. The maximum Gasteiger partial charge on any atom is 0.238 e. The van der Waals surface area contributed by atoms with E-state index in [0.29, 0.717) is 23.4 Å². The zero-order chi connectivity index (χ0) is 66.0. The van der Waals surface area contributed by atoms with Crippen molar-refractivity contribution in [3.63, 3.8) is 0 Å². The molecule has 0 radical (unpaired) electrons. The van der Waals surface area contributed by atoms with Crippen molar-refractivity contribution >= 4 is 96.9 Å². The highest BCUT2D eigenvalue weighted by Crippen LogP contribution is 2.44. The fourth-order valence-electron chi connectivity index (χ4n) is 14.5. The van der Waals surface area contributed by atoms with Gasteiger partial charge in [-0.15, -0.1) is 11.3 Å². The van der Waals surface area contributed by atoms with Crippen molar-refractivity contribution in [2.45, 2.75) is 0 Å². The Labute approximate surface area is 580 Å². The number of fused-ring (bicyclic) bond motifs is 12. The molecule has 468 valence electrons. The van der Waals surface area contributed by atoms with E-state index in [1.807, 2.05) is 84.1 Å². The van der Waals surface area contributed by atoms with Crippen molar-refractivity contribution in [3.8, 4) is 96.3 Å². The third-order valence-corrected chi connectivity index (χ3v) is 20.4. The summed E-state index contributed by atoms with van der Waals surface area (Å²) in [4.78, 5) is 25.3. The SMILES string of the molecule is c1ccc(-c2cc(-c3ccccc3)nc(-c3cccc(-n4c5ccccc5c5cc(-c6cccc7c6sc6ccccc67)ccc54)c3)n2)cc1.c1ccc(-c2nc(-c3ccccc3)nc(-n3c4ccccc4c4cc(-c5ccc6c(c5)c5ccccc5n6-c5ccccc5)ccc43)n2)cc1. The molecule has 0 spiro atoms. The molecule has 100 heavy (non-hydrogen) atoms. The summed E-state index contributed by atoms with van der Waals surface area (Å²) in [6, 6.07) is 124. The lowest BCUT2D eigenvalue weighted by Crippen LogP contribution is -2.06. The topological polar surface area (TPSA) is 79.2 Å². The lowest BCUT2D eigenvalue weighted by Gasteiger charge is -2.12. The van der Waals surface area contributed by atoms with Gasteiger partial charge in [0.05, 0.1) is 44.5 Å². The van der Waals surface area contributed by atoms with Crippen molar-refractivity contribution in [2.75, 3.05) is 0 Å². The number of nitrogens with zero attached hydrogens (tertiary/aromatic N) is 8. The lowest BCUT2D eigenvalue weighted by molar-refractivity contribution is 0.953. The Morgan fingerprint density at radius 1 is 0.210 bits per heavy atom. The summed E-state index contributed by atoms with van der Waals surface area (Å²) in [5.74, 6) is 2.57. The van der Waals surface area contributed by atoms with Crippen molar-refractivity contribution < 1.29 is 0 Å². The average Bonchev–Trinajstić information content (AvgIpc) is 1.59. The van der Waals surface area contributed by atoms with Crippen molar-refractivity contribution in [1.82, 2.24) is 38.6 Å². The predicted molar refractivity (Wildman–Crippen MR) is 416 cm³/mol. The third-order valence-electron chi connectivity index (χ3n) is 19.2. The molecule has 0 aliphatic heterocycles. The van der Waals surface area contributed by atoms with Gasteiger partial charge in [0.2, 0.25) is 5.95 Å². The summed E-state index contributed by atoms with van der Waals surface area (Å²) < 4.78 is 9.55. The number of thiophene rings is 1. The summed E-state index contributed by atoms with van der Waals surface area (Å²) >= 11 is 1.88. The normalized spacial score (nSPS) is 11.6. The van der Waals surface area contributed by atoms with Crippen LogP contribution in [0.3, 0.4) is 0 Å². The fourth-order valence-corrected chi connectivity index (χ4v) is 15.8. The van der Waals surface area contributed by atoms with Gasteiger partial charge in [0, 0.05) is 91.7 Å². The van der Waals surface area contributed by atoms with Crippen LogP contribution in [0, 0.1) is 0 Å². The summed E-state index contributed by atoms with van der Waals surface area (Å²) in [5.41, 5.74) is 20.7. The van der Waals surface area contributed by atoms with Crippen molar-refractivity contribution in [3.05, 3.63) is 352 Å². The molecule has 6 aromatic heterocycles. The van der Waals surface area contributed by atoms with Crippen LogP contribution in [-0.2, 0) is 0 Å². The Morgan fingerprint density at radius 2 is 0.590 bits per heavy atom. The molecule has 0 bridgehead atoms. The smallest absolute Gasteiger partial charge is 0.238 e. The second-order valence-corrected chi connectivity index (χ2v) is 26.2. The minimum Gasteiger partial charge on any atom is -0.309 e. The van der Waals surface area contributed by atoms with E-state index >= 15 is 0 Å². The van der Waals surface area contributed by atoms with E-state index < -0.39 is 0 Å². The highest BCUT2D eigenvalue weighted by Gasteiger charge is 2.22. The van der Waals surface area contributed by atoms with Crippen molar-refractivity contribution in [2.24, 2.45) is 0 Å². The number of para-hydroxylation sites is 4. The summed E-state index contributed by atoms with van der Waals surface area (Å²) in [6.45, 7) is 0. The maximum absolute atomic E-state index is 5.11. The molecule has 8 nitrogen and oxygen atoms in total. The van der Waals surface area contributed by atoms with Gasteiger partial charge >= 0.3 is 0 Å². The standard InChI is InChI=1S/C46H29N3S.C45H29N5/c1-3-13-30(14-4-1)40-29-41(31-15-5-2-6-16-31)48-46(47-40)33-17-11-18-34(27-33)49-42-23-9-7-19-36(42)39-28-32(25-26-43(39)49)35-21-12-22-38-37-20-8-10-24-44(37)50-45(35)38;1-4-14-30(15-5-1)43-46-44(31-16-6-2-7-17-31)48-45(47-43)50-40-23-13-11-21-36(40)38-29-33(25-27-42(38)50)32-24-26-41-37(28-32)35-20-10-12-22-39(35)49(41)34-18-8-3-9-19-34/h2*1-29H. The van der Waals surface area contributed by atoms with Crippen LogP contribution in [0.4, 0.5) is 0 Å². The predicted octanol–water partition coefficient (Wildman–Crippen LogP) is 23.7. The minimum atomic E-state index is 0.590. The van der Waals surface area contributed by atoms with Crippen LogP contribution in [-0.4, -0.2) is 38.6 Å². The second-order valence-electron chi connectivity index (χ2n) is 25.1. The molecule has 0 saturated heterocycles. The molecule has 20 aromatic rings. The van der Waals surface area contributed by atoms with Crippen LogP contribution < -0.4 is 0 Å². The van der Waals surface area contributed by atoms with Gasteiger partial charge in [-0.25, -0.2) is 15.0 Å². The molecule has 6 heterocycles.